The highest BCUT2D eigenvalue weighted by Gasteiger charge is 2.49. The number of ketones is 1. The van der Waals surface area contributed by atoms with Crippen molar-refractivity contribution in [2.45, 2.75) is 11.7 Å². The molecule has 1 aromatic carbocycles. The molecule has 20 heavy (non-hydrogen) atoms. The predicted octanol–water partition coefficient (Wildman–Crippen LogP) is 0.428. The molecule has 1 aliphatic carbocycles. The maximum atomic E-state index is 12.2. The predicted molar refractivity (Wildman–Crippen MR) is 68.2 cm³/mol. The number of aliphatic hydroxyl groups is 3. The number of aliphatic carboxylic acids is 1. The zero-order valence-corrected chi connectivity index (χ0v) is 10.2. The van der Waals surface area contributed by atoms with Gasteiger partial charge in [-0.15, -0.1) is 0 Å². The summed E-state index contributed by atoms with van der Waals surface area (Å²) in [6, 6.07) is 7.61. The summed E-state index contributed by atoms with van der Waals surface area (Å²) in [5.74, 6) is -3.20. The van der Waals surface area contributed by atoms with Crippen LogP contribution in [0.2, 0.25) is 0 Å². The molecule has 0 aliphatic heterocycles. The van der Waals surface area contributed by atoms with Gasteiger partial charge < -0.3 is 20.4 Å². The van der Waals surface area contributed by atoms with Crippen LogP contribution in [0.1, 0.15) is 10.4 Å². The molecule has 0 radical (unpaired) electrons. The molecule has 2 rings (SSSR count). The molecule has 0 spiro atoms. The zero-order valence-electron chi connectivity index (χ0n) is 10.2. The largest absolute Gasteiger partial charge is 0.509 e. The summed E-state index contributed by atoms with van der Waals surface area (Å²) in [4.78, 5) is 23.0. The molecular formula is C14H12O6. The van der Waals surface area contributed by atoms with E-state index in [4.69, 9.17) is 5.11 Å². The van der Waals surface area contributed by atoms with E-state index < -0.39 is 34.8 Å². The molecule has 1 aliphatic rings. The number of hydrogen-bond acceptors (Lipinski definition) is 5. The van der Waals surface area contributed by atoms with E-state index in [1.807, 2.05) is 0 Å². The Morgan fingerprint density at radius 2 is 1.75 bits per heavy atom. The molecule has 0 bridgehead atoms. The number of benzene rings is 1. The van der Waals surface area contributed by atoms with Crippen LogP contribution in [0.3, 0.4) is 0 Å². The second-order valence-electron chi connectivity index (χ2n) is 4.36. The van der Waals surface area contributed by atoms with Crippen LogP contribution >= 0.6 is 0 Å². The van der Waals surface area contributed by atoms with Crippen LogP contribution in [-0.4, -0.2) is 43.9 Å². The van der Waals surface area contributed by atoms with E-state index in [0.717, 1.165) is 12.2 Å². The first-order valence-corrected chi connectivity index (χ1v) is 5.74. The summed E-state index contributed by atoms with van der Waals surface area (Å²) in [7, 11) is 0. The standard InChI is InChI=1S/C14H12O6/c15-10-6-9(13(18)19)7-11(16)14(10,20)12(17)8-4-2-1-3-5-8/h1-7,10,15-16,20H,(H,18,19). The number of carbonyl (C=O) groups is 2. The van der Waals surface area contributed by atoms with Gasteiger partial charge in [-0.3, -0.25) is 4.79 Å². The monoisotopic (exact) mass is 276 g/mol. The molecule has 0 heterocycles. The maximum absolute atomic E-state index is 12.2. The molecule has 0 aromatic heterocycles. The number of carbonyl (C=O) groups excluding carboxylic acids is 1. The van der Waals surface area contributed by atoms with Crippen molar-refractivity contribution in [1.29, 1.82) is 0 Å². The van der Waals surface area contributed by atoms with Crippen LogP contribution in [0.4, 0.5) is 0 Å². The number of carboxylic acids is 1. The minimum absolute atomic E-state index is 0.0844. The molecule has 104 valence electrons. The first-order valence-electron chi connectivity index (χ1n) is 5.74. The van der Waals surface area contributed by atoms with Crippen molar-refractivity contribution in [1.82, 2.24) is 0 Å². The molecule has 0 saturated carbocycles. The quantitative estimate of drug-likeness (QED) is 0.595. The fourth-order valence-corrected chi connectivity index (χ4v) is 1.94. The molecule has 2 unspecified atom stereocenters. The van der Waals surface area contributed by atoms with Crippen molar-refractivity contribution in [3.63, 3.8) is 0 Å². The van der Waals surface area contributed by atoms with Gasteiger partial charge in [-0.05, 0) is 12.2 Å². The lowest BCUT2D eigenvalue weighted by Gasteiger charge is -2.32. The third kappa shape index (κ3) is 2.11. The Hall–Kier alpha value is -2.44. The minimum atomic E-state index is -2.58. The maximum Gasteiger partial charge on any atom is 0.335 e. The number of aliphatic hydroxyl groups excluding tert-OH is 2. The Morgan fingerprint density at radius 3 is 2.25 bits per heavy atom. The smallest absolute Gasteiger partial charge is 0.335 e. The van der Waals surface area contributed by atoms with Gasteiger partial charge in [0.15, 0.2) is 0 Å². The summed E-state index contributed by atoms with van der Waals surface area (Å²) >= 11 is 0. The fraction of sp³-hybridized carbons (Fsp3) is 0.143. The van der Waals surface area contributed by atoms with Gasteiger partial charge >= 0.3 is 5.97 Å². The number of carboxylic acid groups (broad SMARTS) is 1. The van der Waals surface area contributed by atoms with Gasteiger partial charge in [0.1, 0.15) is 11.9 Å². The molecule has 6 heteroatoms. The van der Waals surface area contributed by atoms with Crippen molar-refractivity contribution >= 4 is 11.8 Å². The Bertz CT molecular complexity index is 616. The lowest BCUT2D eigenvalue weighted by molar-refractivity contribution is -0.132. The van der Waals surface area contributed by atoms with Gasteiger partial charge in [0.25, 0.3) is 0 Å². The highest BCUT2D eigenvalue weighted by Crippen LogP contribution is 2.30. The van der Waals surface area contributed by atoms with E-state index in [-0.39, 0.29) is 5.56 Å². The normalized spacial score (nSPS) is 25.6. The van der Waals surface area contributed by atoms with E-state index >= 15 is 0 Å². The molecule has 2 atom stereocenters. The van der Waals surface area contributed by atoms with Gasteiger partial charge in [0.05, 0.1) is 5.57 Å². The van der Waals surface area contributed by atoms with Crippen molar-refractivity contribution in [2.24, 2.45) is 0 Å². The lowest BCUT2D eigenvalue weighted by Crippen LogP contribution is -2.52. The van der Waals surface area contributed by atoms with Crippen molar-refractivity contribution in [2.75, 3.05) is 0 Å². The van der Waals surface area contributed by atoms with Crippen LogP contribution in [0.5, 0.6) is 0 Å². The average Bonchev–Trinajstić information content (AvgIpc) is 2.44. The first kappa shape index (κ1) is 14.0. The Kier molecular flexibility index (Phi) is 3.44. The van der Waals surface area contributed by atoms with E-state index in [0.29, 0.717) is 0 Å². The average molecular weight is 276 g/mol. The minimum Gasteiger partial charge on any atom is -0.509 e. The third-order valence-electron chi connectivity index (χ3n) is 3.08. The highest BCUT2D eigenvalue weighted by molar-refractivity contribution is 6.06. The van der Waals surface area contributed by atoms with Crippen LogP contribution in [0.15, 0.2) is 53.8 Å². The molecule has 0 amide bonds. The van der Waals surface area contributed by atoms with Gasteiger partial charge in [-0.1, -0.05) is 30.3 Å². The Labute approximate surface area is 113 Å². The number of rotatable bonds is 3. The van der Waals surface area contributed by atoms with Gasteiger partial charge in [-0.25, -0.2) is 4.79 Å². The second kappa shape index (κ2) is 4.92. The number of Topliss-reactive ketones (excluding diaryl/α,β-unsaturated/α-hetero) is 1. The molecule has 6 nitrogen and oxygen atoms in total. The van der Waals surface area contributed by atoms with E-state index in [9.17, 15) is 24.9 Å². The zero-order chi connectivity index (χ0) is 14.9. The lowest BCUT2D eigenvalue weighted by atomic mass is 9.81. The SMILES string of the molecule is O=C(O)C1=CC(O)C(O)(C(=O)c2ccccc2)C(O)=C1. The summed E-state index contributed by atoms with van der Waals surface area (Å²) in [5, 5.41) is 38.7. The van der Waals surface area contributed by atoms with E-state index in [1.54, 1.807) is 18.2 Å². The topological polar surface area (TPSA) is 115 Å². The van der Waals surface area contributed by atoms with Crippen LogP contribution < -0.4 is 0 Å². The van der Waals surface area contributed by atoms with Crippen LogP contribution in [0, 0.1) is 0 Å². The molecule has 0 saturated heterocycles. The summed E-state index contributed by atoms with van der Waals surface area (Å²) < 4.78 is 0. The van der Waals surface area contributed by atoms with Gasteiger partial charge in [0, 0.05) is 5.56 Å². The molecular weight excluding hydrogens is 264 g/mol. The fourth-order valence-electron chi connectivity index (χ4n) is 1.94. The molecule has 1 aromatic rings. The van der Waals surface area contributed by atoms with Crippen molar-refractivity contribution in [3.05, 3.63) is 59.4 Å². The second-order valence-corrected chi connectivity index (χ2v) is 4.36. The Balaban J connectivity index is 2.44. The highest BCUT2D eigenvalue weighted by atomic mass is 16.4. The van der Waals surface area contributed by atoms with E-state index in [1.165, 1.54) is 12.1 Å². The third-order valence-corrected chi connectivity index (χ3v) is 3.08. The van der Waals surface area contributed by atoms with Crippen molar-refractivity contribution in [3.8, 4) is 0 Å². The van der Waals surface area contributed by atoms with E-state index in [2.05, 4.69) is 0 Å². The summed E-state index contributed by atoms with van der Waals surface area (Å²) in [6.07, 6.45) is -0.301. The Morgan fingerprint density at radius 1 is 1.15 bits per heavy atom. The summed E-state index contributed by atoms with van der Waals surface area (Å²) in [6.45, 7) is 0. The molecule has 0 fully saturated rings. The number of hydrogen-bond donors (Lipinski definition) is 4. The van der Waals surface area contributed by atoms with Crippen LogP contribution in [0.25, 0.3) is 0 Å². The van der Waals surface area contributed by atoms with Gasteiger partial charge in [0.2, 0.25) is 11.4 Å². The first-order chi connectivity index (χ1) is 9.37. The van der Waals surface area contributed by atoms with Crippen LogP contribution in [-0.2, 0) is 4.79 Å². The van der Waals surface area contributed by atoms with Gasteiger partial charge in [-0.2, -0.15) is 0 Å². The summed E-state index contributed by atoms with van der Waals surface area (Å²) in [5.41, 5.74) is -2.90. The molecule has 4 N–H and O–H groups in total. The van der Waals surface area contributed by atoms with Crippen molar-refractivity contribution < 1.29 is 30.0 Å².